The topological polar surface area (TPSA) is 17.1 Å². The fourth-order valence-corrected chi connectivity index (χ4v) is 3.02. The lowest BCUT2D eigenvalue weighted by Gasteiger charge is -2.28. The average Bonchev–Trinajstić information content (AvgIpc) is 2.27. The minimum absolute atomic E-state index is 0.353. The Hall–Kier alpha value is -0.330. The minimum Gasteiger partial charge on any atom is -0.300 e. The van der Waals surface area contributed by atoms with Crippen molar-refractivity contribution in [1.29, 1.82) is 0 Å². The molecule has 0 spiro atoms. The number of carbonyl (C=O) groups is 1. The van der Waals surface area contributed by atoms with Crippen molar-refractivity contribution in [3.8, 4) is 0 Å². The molecule has 0 atom stereocenters. The molecule has 0 heterocycles. The summed E-state index contributed by atoms with van der Waals surface area (Å²) in [5, 5.41) is 0. The second kappa shape index (κ2) is 7.86. The van der Waals surface area contributed by atoms with E-state index in [9.17, 15) is 4.79 Å². The van der Waals surface area contributed by atoms with Crippen LogP contribution in [0.2, 0.25) is 0 Å². The van der Waals surface area contributed by atoms with E-state index >= 15 is 0 Å². The third-order valence-corrected chi connectivity index (χ3v) is 4.05. The average molecular weight is 224 g/mol. The standard InChI is InChI=1S/C15H28O/c1-3-6-14-9-11-15(12-10-14)8-5-4-7-13(2)16/h14-15H,3-12H2,1-2H3. The van der Waals surface area contributed by atoms with E-state index in [1.165, 1.54) is 51.4 Å². The van der Waals surface area contributed by atoms with Crippen LogP contribution in [0, 0.1) is 11.8 Å². The summed E-state index contributed by atoms with van der Waals surface area (Å²) in [6.07, 6.45) is 13.2. The van der Waals surface area contributed by atoms with Gasteiger partial charge in [-0.25, -0.2) is 0 Å². The van der Waals surface area contributed by atoms with Gasteiger partial charge in [0, 0.05) is 6.42 Å². The number of hydrogen-bond acceptors (Lipinski definition) is 1. The van der Waals surface area contributed by atoms with Crippen molar-refractivity contribution in [2.24, 2.45) is 11.8 Å². The number of hydrogen-bond donors (Lipinski definition) is 0. The molecule has 1 heteroatoms. The molecule has 0 N–H and O–H groups in total. The van der Waals surface area contributed by atoms with Gasteiger partial charge >= 0.3 is 0 Å². The van der Waals surface area contributed by atoms with Crippen LogP contribution in [0.3, 0.4) is 0 Å². The van der Waals surface area contributed by atoms with Crippen molar-refractivity contribution in [2.45, 2.75) is 78.1 Å². The van der Waals surface area contributed by atoms with Crippen LogP contribution in [0.15, 0.2) is 0 Å². The largest absolute Gasteiger partial charge is 0.300 e. The Morgan fingerprint density at radius 1 is 1.00 bits per heavy atom. The van der Waals surface area contributed by atoms with Crippen molar-refractivity contribution in [3.63, 3.8) is 0 Å². The highest BCUT2D eigenvalue weighted by molar-refractivity contribution is 5.75. The fourth-order valence-electron chi connectivity index (χ4n) is 3.02. The molecule has 0 aromatic heterocycles. The molecule has 1 rings (SSSR count). The van der Waals surface area contributed by atoms with E-state index in [0.717, 1.165) is 24.7 Å². The number of rotatable bonds is 7. The number of carbonyl (C=O) groups excluding carboxylic acids is 1. The highest BCUT2D eigenvalue weighted by Crippen LogP contribution is 2.34. The van der Waals surface area contributed by atoms with Gasteiger partial charge in [0.05, 0.1) is 0 Å². The highest BCUT2D eigenvalue weighted by atomic mass is 16.1. The van der Waals surface area contributed by atoms with Crippen LogP contribution in [-0.2, 0) is 4.79 Å². The van der Waals surface area contributed by atoms with Gasteiger partial charge in [0.2, 0.25) is 0 Å². The maximum Gasteiger partial charge on any atom is 0.129 e. The Morgan fingerprint density at radius 3 is 2.06 bits per heavy atom. The molecule has 0 radical (unpaired) electrons. The van der Waals surface area contributed by atoms with E-state index in [1.54, 1.807) is 6.92 Å². The molecule has 1 fully saturated rings. The maximum atomic E-state index is 10.8. The molecule has 94 valence electrons. The summed E-state index contributed by atoms with van der Waals surface area (Å²) >= 11 is 0. The molecule has 1 nitrogen and oxygen atoms in total. The molecule has 1 aliphatic rings. The highest BCUT2D eigenvalue weighted by Gasteiger charge is 2.19. The van der Waals surface area contributed by atoms with E-state index in [0.29, 0.717) is 5.78 Å². The first-order valence-corrected chi connectivity index (χ1v) is 7.21. The van der Waals surface area contributed by atoms with E-state index < -0.39 is 0 Å². The zero-order valence-electron chi connectivity index (χ0n) is 11.1. The van der Waals surface area contributed by atoms with Crippen LogP contribution in [-0.4, -0.2) is 5.78 Å². The smallest absolute Gasteiger partial charge is 0.129 e. The second-order valence-corrected chi connectivity index (χ2v) is 5.62. The van der Waals surface area contributed by atoms with Crippen LogP contribution < -0.4 is 0 Å². The Kier molecular flexibility index (Phi) is 6.75. The van der Waals surface area contributed by atoms with Crippen molar-refractivity contribution < 1.29 is 4.79 Å². The number of Topliss-reactive ketones (excluding diaryl/α,β-unsaturated/α-hetero) is 1. The van der Waals surface area contributed by atoms with Gasteiger partial charge in [0.25, 0.3) is 0 Å². The Labute approximate surface area is 101 Å². The van der Waals surface area contributed by atoms with E-state index in [2.05, 4.69) is 6.92 Å². The summed E-state index contributed by atoms with van der Waals surface area (Å²) in [5.41, 5.74) is 0. The Balaban J connectivity index is 2.01. The molecule has 1 aliphatic carbocycles. The Bertz CT molecular complexity index is 190. The molecule has 0 bridgehead atoms. The summed E-state index contributed by atoms with van der Waals surface area (Å²) in [7, 11) is 0. The zero-order valence-corrected chi connectivity index (χ0v) is 11.1. The van der Waals surface area contributed by atoms with Gasteiger partial charge in [-0.1, -0.05) is 58.3 Å². The summed E-state index contributed by atoms with van der Waals surface area (Å²) < 4.78 is 0. The normalized spacial score (nSPS) is 25.6. The maximum absolute atomic E-state index is 10.8. The van der Waals surface area contributed by atoms with Crippen molar-refractivity contribution in [3.05, 3.63) is 0 Å². The van der Waals surface area contributed by atoms with Gasteiger partial charge < -0.3 is 4.79 Å². The van der Waals surface area contributed by atoms with E-state index in [1.807, 2.05) is 0 Å². The van der Waals surface area contributed by atoms with Gasteiger partial charge in [-0.2, -0.15) is 0 Å². The first-order valence-electron chi connectivity index (χ1n) is 7.21. The minimum atomic E-state index is 0.353. The van der Waals surface area contributed by atoms with Crippen LogP contribution >= 0.6 is 0 Å². The molecule has 1 saturated carbocycles. The SMILES string of the molecule is CCCC1CCC(CCCCC(C)=O)CC1. The molecular weight excluding hydrogens is 196 g/mol. The van der Waals surface area contributed by atoms with Crippen LogP contribution in [0.4, 0.5) is 0 Å². The molecule has 0 aromatic carbocycles. The molecule has 0 aliphatic heterocycles. The molecule has 16 heavy (non-hydrogen) atoms. The van der Waals surface area contributed by atoms with Crippen molar-refractivity contribution in [2.75, 3.05) is 0 Å². The quantitative estimate of drug-likeness (QED) is 0.571. The van der Waals surface area contributed by atoms with Gasteiger partial charge in [0.15, 0.2) is 0 Å². The van der Waals surface area contributed by atoms with Crippen LogP contribution in [0.1, 0.15) is 78.1 Å². The van der Waals surface area contributed by atoms with Crippen LogP contribution in [0.5, 0.6) is 0 Å². The molecule has 0 aromatic rings. The third-order valence-electron chi connectivity index (χ3n) is 4.05. The molecule has 0 saturated heterocycles. The molecular formula is C15H28O. The third kappa shape index (κ3) is 5.67. The molecule has 0 amide bonds. The van der Waals surface area contributed by atoms with Gasteiger partial charge in [-0.15, -0.1) is 0 Å². The van der Waals surface area contributed by atoms with Gasteiger partial charge in [0.1, 0.15) is 5.78 Å². The first-order chi connectivity index (χ1) is 7.72. The lowest BCUT2D eigenvalue weighted by Crippen LogP contribution is -2.14. The van der Waals surface area contributed by atoms with Gasteiger partial charge in [-0.05, 0) is 25.2 Å². The van der Waals surface area contributed by atoms with Crippen molar-refractivity contribution in [1.82, 2.24) is 0 Å². The fraction of sp³-hybridized carbons (Fsp3) is 0.933. The number of unbranched alkanes of at least 4 members (excludes halogenated alkanes) is 1. The second-order valence-electron chi connectivity index (χ2n) is 5.62. The van der Waals surface area contributed by atoms with E-state index in [-0.39, 0.29) is 0 Å². The number of ketones is 1. The predicted molar refractivity (Wildman–Crippen MR) is 69.5 cm³/mol. The monoisotopic (exact) mass is 224 g/mol. The summed E-state index contributed by atoms with van der Waals surface area (Å²) in [5.74, 6) is 2.35. The van der Waals surface area contributed by atoms with Crippen molar-refractivity contribution >= 4 is 5.78 Å². The van der Waals surface area contributed by atoms with Crippen LogP contribution in [0.25, 0.3) is 0 Å². The lowest BCUT2D eigenvalue weighted by molar-refractivity contribution is -0.117. The first kappa shape index (κ1) is 13.7. The summed E-state index contributed by atoms with van der Waals surface area (Å²) in [6, 6.07) is 0. The summed E-state index contributed by atoms with van der Waals surface area (Å²) in [6.45, 7) is 4.00. The molecule has 0 unspecified atom stereocenters. The summed E-state index contributed by atoms with van der Waals surface area (Å²) in [4.78, 5) is 10.8. The van der Waals surface area contributed by atoms with E-state index in [4.69, 9.17) is 0 Å². The zero-order chi connectivity index (χ0) is 11.8. The predicted octanol–water partition coefficient (Wildman–Crippen LogP) is 4.74. The van der Waals surface area contributed by atoms with Gasteiger partial charge in [-0.3, -0.25) is 0 Å². The Morgan fingerprint density at radius 2 is 1.56 bits per heavy atom. The lowest BCUT2D eigenvalue weighted by atomic mass is 9.78.